The number of unbranched alkanes of at least 4 members (excludes halogenated alkanes) is 1. The zero-order valence-electron chi connectivity index (χ0n) is 15.5. The smallest absolute Gasteiger partial charge is 0.330 e. The summed E-state index contributed by atoms with van der Waals surface area (Å²) in [6.07, 6.45) is 0.657. The Labute approximate surface area is 161 Å². The normalized spacial score (nSPS) is 11.9. The molecule has 2 rings (SSSR count). The number of nitrogens with zero attached hydrogens (tertiary/aromatic N) is 2. The predicted octanol–water partition coefficient (Wildman–Crippen LogP) is 2.00. The van der Waals surface area contributed by atoms with Crippen LogP contribution in [0.4, 0.5) is 11.5 Å². The van der Waals surface area contributed by atoms with Crippen LogP contribution in [-0.4, -0.2) is 28.6 Å². The van der Waals surface area contributed by atoms with Gasteiger partial charge in [0.05, 0.1) is 0 Å². The van der Waals surface area contributed by atoms with E-state index in [2.05, 4.69) is 4.98 Å². The number of hydrogen-bond donors (Lipinski definition) is 2. The second kappa shape index (κ2) is 8.77. The first-order valence-corrected chi connectivity index (χ1v) is 8.96. The van der Waals surface area contributed by atoms with Gasteiger partial charge >= 0.3 is 5.69 Å². The maximum atomic E-state index is 12.7. The number of likely N-dealkylation sites (N-methyl/N-ethyl adjacent to an activating group) is 1. The van der Waals surface area contributed by atoms with Gasteiger partial charge in [0.1, 0.15) is 11.6 Å². The molecular formula is C18H23ClN4O4. The van der Waals surface area contributed by atoms with E-state index >= 15 is 0 Å². The molecule has 0 spiro atoms. The molecule has 27 heavy (non-hydrogen) atoms. The first-order chi connectivity index (χ1) is 12.8. The van der Waals surface area contributed by atoms with E-state index in [1.807, 2.05) is 6.92 Å². The van der Waals surface area contributed by atoms with E-state index < -0.39 is 23.3 Å². The number of rotatable bonds is 7. The number of halogens is 1. The van der Waals surface area contributed by atoms with Gasteiger partial charge in [0.25, 0.3) is 11.5 Å². The number of nitrogens with one attached hydrogen (secondary N) is 1. The van der Waals surface area contributed by atoms with E-state index in [0.29, 0.717) is 23.7 Å². The standard InChI is InChI=1S/C18H23ClN4O4/c1-4-5-9-23-15(20)14(16(24)21-18(23)26)22(3)17(25)11(2)27-13-8-6-7-12(19)10-13/h6-8,10-11H,4-5,9,20H2,1-3H3,(H,21,24,26). The molecule has 0 saturated heterocycles. The number of anilines is 2. The van der Waals surface area contributed by atoms with E-state index in [4.69, 9.17) is 22.1 Å². The highest BCUT2D eigenvalue weighted by atomic mass is 35.5. The van der Waals surface area contributed by atoms with Crippen molar-refractivity contribution in [3.05, 3.63) is 50.1 Å². The molecule has 2 aromatic rings. The van der Waals surface area contributed by atoms with Crippen LogP contribution in [0.25, 0.3) is 0 Å². The SMILES string of the molecule is CCCCn1c(N)c(N(C)C(=O)C(C)Oc2cccc(Cl)c2)c(=O)[nH]c1=O. The Morgan fingerprint density at radius 2 is 2.11 bits per heavy atom. The lowest BCUT2D eigenvalue weighted by atomic mass is 10.3. The molecule has 1 amide bonds. The number of aromatic nitrogens is 2. The number of aromatic amines is 1. The van der Waals surface area contributed by atoms with Crippen LogP contribution in [0, 0.1) is 0 Å². The van der Waals surface area contributed by atoms with Crippen molar-refractivity contribution in [1.82, 2.24) is 9.55 Å². The molecular weight excluding hydrogens is 372 g/mol. The molecule has 9 heteroatoms. The summed E-state index contributed by atoms with van der Waals surface area (Å²) in [6, 6.07) is 6.64. The molecule has 0 aliphatic rings. The van der Waals surface area contributed by atoms with Crippen LogP contribution in [0.2, 0.25) is 5.02 Å². The molecule has 146 valence electrons. The number of carbonyl (C=O) groups excluding carboxylic acids is 1. The Bertz CT molecular complexity index is 938. The third kappa shape index (κ3) is 4.71. The van der Waals surface area contributed by atoms with Crippen LogP contribution in [0.15, 0.2) is 33.9 Å². The van der Waals surface area contributed by atoms with Crippen LogP contribution in [0.3, 0.4) is 0 Å². The maximum absolute atomic E-state index is 12.7. The second-order valence-electron chi connectivity index (χ2n) is 6.11. The van der Waals surface area contributed by atoms with E-state index in [9.17, 15) is 14.4 Å². The molecule has 1 aromatic heterocycles. The fraction of sp³-hybridized carbons (Fsp3) is 0.389. The summed E-state index contributed by atoms with van der Waals surface area (Å²) in [5, 5.41) is 0.476. The van der Waals surface area contributed by atoms with Gasteiger partial charge in [0.2, 0.25) is 0 Å². The molecule has 0 aliphatic carbocycles. The third-order valence-electron chi connectivity index (χ3n) is 4.07. The zero-order chi connectivity index (χ0) is 20.1. The van der Waals surface area contributed by atoms with E-state index in [1.54, 1.807) is 31.2 Å². The van der Waals surface area contributed by atoms with Crippen molar-refractivity contribution in [2.75, 3.05) is 17.7 Å². The monoisotopic (exact) mass is 394 g/mol. The number of carbonyl (C=O) groups is 1. The van der Waals surface area contributed by atoms with Crippen LogP contribution in [-0.2, 0) is 11.3 Å². The van der Waals surface area contributed by atoms with Crippen LogP contribution >= 0.6 is 11.6 Å². The Morgan fingerprint density at radius 3 is 2.74 bits per heavy atom. The minimum atomic E-state index is -0.900. The van der Waals surface area contributed by atoms with Gasteiger partial charge in [0, 0.05) is 18.6 Å². The summed E-state index contributed by atoms with van der Waals surface area (Å²) in [6.45, 7) is 3.87. The number of hydrogen-bond acceptors (Lipinski definition) is 5. The van der Waals surface area contributed by atoms with Crippen molar-refractivity contribution in [3.63, 3.8) is 0 Å². The Hall–Kier alpha value is -2.74. The molecule has 0 saturated carbocycles. The fourth-order valence-corrected chi connectivity index (χ4v) is 2.80. The van der Waals surface area contributed by atoms with Gasteiger partial charge in [-0.15, -0.1) is 0 Å². The molecule has 1 unspecified atom stereocenters. The van der Waals surface area contributed by atoms with Gasteiger partial charge in [0.15, 0.2) is 11.8 Å². The van der Waals surface area contributed by atoms with E-state index in [0.717, 1.165) is 11.3 Å². The number of nitrogen functional groups attached to an aromatic ring is 1. The third-order valence-corrected chi connectivity index (χ3v) is 4.31. The van der Waals surface area contributed by atoms with Gasteiger partial charge in [-0.05, 0) is 31.5 Å². The number of nitrogens with two attached hydrogens (primary N) is 1. The molecule has 8 nitrogen and oxygen atoms in total. The van der Waals surface area contributed by atoms with Crippen molar-refractivity contribution < 1.29 is 9.53 Å². The van der Waals surface area contributed by atoms with Crippen molar-refractivity contribution in [3.8, 4) is 5.75 Å². The second-order valence-corrected chi connectivity index (χ2v) is 6.55. The topological polar surface area (TPSA) is 110 Å². The Balaban J connectivity index is 2.30. The van der Waals surface area contributed by atoms with Gasteiger partial charge in [-0.2, -0.15) is 0 Å². The highest BCUT2D eigenvalue weighted by Gasteiger charge is 2.25. The Morgan fingerprint density at radius 1 is 1.41 bits per heavy atom. The minimum Gasteiger partial charge on any atom is -0.481 e. The maximum Gasteiger partial charge on any atom is 0.330 e. The fourth-order valence-electron chi connectivity index (χ4n) is 2.62. The Kier molecular flexibility index (Phi) is 6.68. The van der Waals surface area contributed by atoms with Crippen molar-refractivity contribution in [2.24, 2.45) is 0 Å². The summed E-state index contributed by atoms with van der Waals surface area (Å²) in [5.41, 5.74) is 4.62. The van der Waals surface area contributed by atoms with Crippen LogP contribution in [0.1, 0.15) is 26.7 Å². The highest BCUT2D eigenvalue weighted by molar-refractivity contribution is 6.30. The average Bonchev–Trinajstić information content (AvgIpc) is 2.60. The van der Waals surface area contributed by atoms with Crippen molar-refractivity contribution >= 4 is 29.0 Å². The molecule has 1 heterocycles. The number of ether oxygens (including phenoxy) is 1. The van der Waals surface area contributed by atoms with Gasteiger partial charge in [-0.3, -0.25) is 19.1 Å². The lowest BCUT2D eigenvalue weighted by Crippen LogP contribution is -2.43. The minimum absolute atomic E-state index is 0.0528. The number of amides is 1. The van der Waals surface area contributed by atoms with Crippen LogP contribution < -0.4 is 26.6 Å². The van der Waals surface area contributed by atoms with Gasteiger partial charge in [-0.1, -0.05) is 31.0 Å². The van der Waals surface area contributed by atoms with Gasteiger partial charge < -0.3 is 15.4 Å². The summed E-state index contributed by atoms with van der Waals surface area (Å²) in [4.78, 5) is 40.3. The first kappa shape index (κ1) is 20.6. The highest BCUT2D eigenvalue weighted by Crippen LogP contribution is 2.21. The van der Waals surface area contributed by atoms with E-state index in [-0.39, 0.29) is 11.5 Å². The summed E-state index contributed by atoms with van der Waals surface area (Å²) < 4.78 is 6.86. The molecule has 0 bridgehead atoms. The van der Waals surface area contributed by atoms with E-state index in [1.165, 1.54) is 11.6 Å². The molecule has 0 fully saturated rings. The number of H-pyrrole nitrogens is 1. The lowest BCUT2D eigenvalue weighted by Gasteiger charge is -2.23. The molecule has 1 atom stereocenters. The van der Waals surface area contributed by atoms with Gasteiger partial charge in [-0.25, -0.2) is 4.79 Å². The summed E-state index contributed by atoms with van der Waals surface area (Å²) in [7, 11) is 1.41. The zero-order valence-corrected chi connectivity index (χ0v) is 16.2. The first-order valence-electron chi connectivity index (χ1n) is 8.58. The largest absolute Gasteiger partial charge is 0.481 e. The lowest BCUT2D eigenvalue weighted by molar-refractivity contribution is -0.124. The molecule has 1 aromatic carbocycles. The summed E-state index contributed by atoms with van der Waals surface area (Å²) >= 11 is 5.91. The molecule has 3 N–H and O–H groups in total. The van der Waals surface area contributed by atoms with Crippen LogP contribution in [0.5, 0.6) is 5.75 Å². The van der Waals surface area contributed by atoms with Crippen molar-refractivity contribution in [2.45, 2.75) is 39.3 Å². The molecule has 0 radical (unpaired) electrons. The number of benzene rings is 1. The van der Waals surface area contributed by atoms with Crippen molar-refractivity contribution in [1.29, 1.82) is 0 Å². The quantitative estimate of drug-likeness (QED) is 0.746. The summed E-state index contributed by atoms with van der Waals surface area (Å²) in [5.74, 6) is -0.123. The molecule has 0 aliphatic heterocycles. The predicted molar refractivity (Wildman–Crippen MR) is 106 cm³/mol. The average molecular weight is 395 g/mol.